The molecule has 0 amide bonds. The van der Waals surface area contributed by atoms with E-state index in [2.05, 4.69) is 29.7 Å². The normalized spacial score (nSPS) is 10.6. The molecular weight excluding hydrogens is 284 g/mol. The van der Waals surface area contributed by atoms with Gasteiger partial charge in [0.05, 0.1) is 6.61 Å². The third-order valence-electron chi connectivity index (χ3n) is 2.96. The molecule has 0 aliphatic heterocycles. The van der Waals surface area contributed by atoms with Gasteiger partial charge in [0.15, 0.2) is 5.11 Å². The van der Waals surface area contributed by atoms with Crippen molar-refractivity contribution in [1.82, 2.24) is 15.8 Å². The van der Waals surface area contributed by atoms with Gasteiger partial charge in [-0.15, -0.1) is 0 Å². The predicted molar refractivity (Wildman–Crippen MR) is 91.1 cm³/mol. The van der Waals surface area contributed by atoms with Crippen molar-refractivity contribution in [1.29, 1.82) is 0 Å². The molecule has 0 unspecified atom stereocenters. The SMILES string of the molecule is CCCN(C)CCCOc1cccc(CNNC(N)=S)c1. The van der Waals surface area contributed by atoms with Crippen LogP contribution in [0.1, 0.15) is 25.3 Å². The van der Waals surface area contributed by atoms with Gasteiger partial charge in [0.25, 0.3) is 0 Å². The van der Waals surface area contributed by atoms with Gasteiger partial charge in [-0.1, -0.05) is 19.1 Å². The number of rotatable bonds is 10. The Morgan fingerprint density at radius 2 is 2.19 bits per heavy atom. The summed E-state index contributed by atoms with van der Waals surface area (Å²) < 4.78 is 5.78. The van der Waals surface area contributed by atoms with Crippen LogP contribution in [0.15, 0.2) is 24.3 Å². The Bertz CT molecular complexity index is 428. The van der Waals surface area contributed by atoms with E-state index in [-0.39, 0.29) is 5.11 Å². The fraction of sp³-hybridized carbons (Fsp3) is 0.533. The zero-order chi connectivity index (χ0) is 15.5. The van der Waals surface area contributed by atoms with Crippen LogP contribution >= 0.6 is 12.2 Å². The van der Waals surface area contributed by atoms with Gasteiger partial charge < -0.3 is 15.4 Å². The molecule has 0 radical (unpaired) electrons. The smallest absolute Gasteiger partial charge is 0.178 e. The Morgan fingerprint density at radius 3 is 2.90 bits per heavy atom. The van der Waals surface area contributed by atoms with Crippen LogP contribution in [0.2, 0.25) is 0 Å². The molecule has 0 aromatic heterocycles. The number of hydrogen-bond acceptors (Lipinski definition) is 4. The van der Waals surface area contributed by atoms with E-state index in [1.165, 1.54) is 6.42 Å². The second kappa shape index (κ2) is 10.4. The van der Waals surface area contributed by atoms with Crippen molar-refractivity contribution in [2.75, 3.05) is 26.7 Å². The quantitative estimate of drug-likeness (QED) is 0.347. The van der Waals surface area contributed by atoms with E-state index in [4.69, 9.17) is 22.7 Å². The maximum Gasteiger partial charge on any atom is 0.178 e. The standard InChI is InChI=1S/C15H26N4OS/c1-3-8-19(2)9-5-10-20-14-7-4-6-13(11-14)12-17-18-15(16)21/h4,6-7,11,17H,3,5,8-10,12H2,1-2H3,(H3,16,18,21). The minimum Gasteiger partial charge on any atom is -0.494 e. The molecule has 0 saturated heterocycles. The number of nitrogens with zero attached hydrogens (tertiary/aromatic N) is 1. The largest absolute Gasteiger partial charge is 0.494 e. The summed E-state index contributed by atoms with van der Waals surface area (Å²) in [6.07, 6.45) is 2.22. The van der Waals surface area contributed by atoms with E-state index in [1.807, 2.05) is 24.3 Å². The highest BCUT2D eigenvalue weighted by Crippen LogP contribution is 2.13. The van der Waals surface area contributed by atoms with Crippen molar-refractivity contribution in [2.45, 2.75) is 26.3 Å². The Balaban J connectivity index is 2.27. The van der Waals surface area contributed by atoms with Crippen LogP contribution in [-0.4, -0.2) is 36.8 Å². The molecule has 4 N–H and O–H groups in total. The lowest BCUT2D eigenvalue weighted by molar-refractivity contribution is 0.262. The molecule has 1 rings (SSSR count). The predicted octanol–water partition coefficient (Wildman–Crippen LogP) is 1.64. The topological polar surface area (TPSA) is 62.5 Å². The number of thiocarbonyl (C=S) groups is 1. The summed E-state index contributed by atoms with van der Waals surface area (Å²) in [5.41, 5.74) is 12.1. The third kappa shape index (κ3) is 8.49. The Morgan fingerprint density at radius 1 is 1.38 bits per heavy atom. The highest BCUT2D eigenvalue weighted by atomic mass is 32.1. The Kier molecular flexibility index (Phi) is 8.73. The maximum absolute atomic E-state index is 5.78. The summed E-state index contributed by atoms with van der Waals surface area (Å²) in [7, 11) is 2.14. The minimum atomic E-state index is 0.235. The molecule has 1 aromatic carbocycles. The van der Waals surface area contributed by atoms with Gasteiger partial charge in [-0.05, 0) is 56.3 Å². The molecule has 118 valence electrons. The van der Waals surface area contributed by atoms with Crippen molar-refractivity contribution in [3.8, 4) is 5.75 Å². The average Bonchev–Trinajstić information content (AvgIpc) is 2.44. The summed E-state index contributed by atoms with van der Waals surface area (Å²) >= 11 is 4.72. The lowest BCUT2D eigenvalue weighted by Gasteiger charge is -2.15. The number of nitrogens with two attached hydrogens (primary N) is 1. The molecule has 0 spiro atoms. The van der Waals surface area contributed by atoms with E-state index in [0.717, 1.165) is 37.4 Å². The molecule has 21 heavy (non-hydrogen) atoms. The van der Waals surface area contributed by atoms with E-state index in [1.54, 1.807) is 0 Å². The average molecular weight is 310 g/mol. The van der Waals surface area contributed by atoms with Crippen molar-refractivity contribution in [3.63, 3.8) is 0 Å². The summed E-state index contributed by atoms with van der Waals surface area (Å²) in [5.74, 6) is 0.891. The molecule has 0 saturated carbocycles. The van der Waals surface area contributed by atoms with Gasteiger partial charge in [-0.25, -0.2) is 5.43 Å². The molecule has 0 fully saturated rings. The second-order valence-corrected chi connectivity index (χ2v) is 5.44. The van der Waals surface area contributed by atoms with Gasteiger partial charge in [0.2, 0.25) is 0 Å². The summed E-state index contributed by atoms with van der Waals surface area (Å²) in [4.78, 5) is 2.32. The number of ether oxygens (including phenoxy) is 1. The molecule has 1 aromatic rings. The minimum absolute atomic E-state index is 0.235. The van der Waals surface area contributed by atoms with Crippen LogP contribution in [0.3, 0.4) is 0 Å². The highest BCUT2D eigenvalue weighted by Gasteiger charge is 1.99. The van der Waals surface area contributed by atoms with Crippen LogP contribution < -0.4 is 21.3 Å². The van der Waals surface area contributed by atoms with Gasteiger partial charge in [-0.2, -0.15) is 0 Å². The van der Waals surface area contributed by atoms with Crippen molar-refractivity contribution >= 4 is 17.3 Å². The van der Waals surface area contributed by atoms with Gasteiger partial charge in [-0.3, -0.25) is 5.43 Å². The molecule has 0 heterocycles. The van der Waals surface area contributed by atoms with Crippen molar-refractivity contribution < 1.29 is 4.74 Å². The fourth-order valence-corrected chi connectivity index (χ4v) is 2.07. The van der Waals surface area contributed by atoms with E-state index in [0.29, 0.717) is 6.54 Å². The van der Waals surface area contributed by atoms with Crippen LogP contribution in [0.4, 0.5) is 0 Å². The van der Waals surface area contributed by atoms with Gasteiger partial charge in [0.1, 0.15) is 5.75 Å². The first kappa shape index (κ1) is 17.7. The molecule has 6 heteroatoms. The zero-order valence-electron chi connectivity index (χ0n) is 12.9. The summed E-state index contributed by atoms with van der Waals surface area (Å²) in [5, 5.41) is 0.235. The molecule has 0 aliphatic carbocycles. The number of nitrogens with one attached hydrogen (secondary N) is 2. The van der Waals surface area contributed by atoms with E-state index >= 15 is 0 Å². The summed E-state index contributed by atoms with van der Waals surface area (Å²) in [6, 6.07) is 8.00. The van der Waals surface area contributed by atoms with E-state index in [9.17, 15) is 0 Å². The molecule has 5 nitrogen and oxygen atoms in total. The van der Waals surface area contributed by atoms with Crippen LogP contribution in [0, 0.1) is 0 Å². The maximum atomic E-state index is 5.78. The van der Waals surface area contributed by atoms with Crippen LogP contribution in [0.25, 0.3) is 0 Å². The Labute approximate surface area is 132 Å². The summed E-state index contributed by atoms with van der Waals surface area (Å²) in [6.45, 7) is 5.76. The first-order valence-electron chi connectivity index (χ1n) is 7.30. The first-order valence-corrected chi connectivity index (χ1v) is 7.71. The van der Waals surface area contributed by atoms with Crippen LogP contribution in [0.5, 0.6) is 5.75 Å². The Hall–Kier alpha value is -1.37. The lowest BCUT2D eigenvalue weighted by atomic mass is 10.2. The van der Waals surface area contributed by atoms with Gasteiger partial charge in [0, 0.05) is 13.1 Å². The lowest BCUT2D eigenvalue weighted by Crippen LogP contribution is -2.40. The number of hydrazine groups is 1. The monoisotopic (exact) mass is 310 g/mol. The van der Waals surface area contributed by atoms with Crippen molar-refractivity contribution in [2.24, 2.45) is 5.73 Å². The van der Waals surface area contributed by atoms with Crippen LogP contribution in [-0.2, 0) is 6.54 Å². The third-order valence-corrected chi connectivity index (χ3v) is 3.06. The highest BCUT2D eigenvalue weighted by molar-refractivity contribution is 7.80. The molecular formula is C15H26N4OS. The molecule has 0 aliphatic rings. The van der Waals surface area contributed by atoms with E-state index < -0.39 is 0 Å². The number of hydrogen-bond donors (Lipinski definition) is 3. The number of benzene rings is 1. The van der Waals surface area contributed by atoms with Crippen molar-refractivity contribution in [3.05, 3.63) is 29.8 Å². The van der Waals surface area contributed by atoms with Gasteiger partial charge >= 0.3 is 0 Å². The molecule has 0 atom stereocenters. The first-order chi connectivity index (χ1) is 10.1. The molecule has 0 bridgehead atoms. The fourth-order valence-electron chi connectivity index (χ4n) is 2.00. The second-order valence-electron chi connectivity index (χ2n) is 5.00. The zero-order valence-corrected chi connectivity index (χ0v) is 13.7.